The van der Waals surface area contributed by atoms with Gasteiger partial charge in [-0.05, 0) is 29.8 Å². The molecule has 0 fully saturated rings. The fourth-order valence-corrected chi connectivity index (χ4v) is 2.66. The van der Waals surface area contributed by atoms with Gasteiger partial charge in [0.25, 0.3) is 0 Å². The Balaban J connectivity index is 2.62. The predicted molar refractivity (Wildman–Crippen MR) is 73.9 cm³/mol. The SMILES string of the molecule is O=C(O)c1cccc(-c2c(Cl)cc(Cl)cc2Cl)c1. The minimum Gasteiger partial charge on any atom is -0.478 e. The van der Waals surface area contributed by atoms with Crippen LogP contribution in [0.1, 0.15) is 10.4 Å². The Labute approximate surface area is 119 Å². The molecule has 0 aliphatic heterocycles. The second-order valence-corrected chi connectivity index (χ2v) is 4.88. The van der Waals surface area contributed by atoms with Crippen LogP contribution in [0.2, 0.25) is 15.1 Å². The van der Waals surface area contributed by atoms with Gasteiger partial charge in [0, 0.05) is 10.6 Å². The molecule has 2 nitrogen and oxygen atoms in total. The maximum Gasteiger partial charge on any atom is 0.335 e. The van der Waals surface area contributed by atoms with Gasteiger partial charge in [-0.2, -0.15) is 0 Å². The molecule has 0 aliphatic rings. The summed E-state index contributed by atoms with van der Waals surface area (Å²) in [6.45, 7) is 0. The molecular weight excluding hydrogens is 294 g/mol. The predicted octanol–water partition coefficient (Wildman–Crippen LogP) is 5.01. The van der Waals surface area contributed by atoms with Crippen LogP contribution in [0.15, 0.2) is 36.4 Å². The summed E-state index contributed by atoms with van der Waals surface area (Å²) < 4.78 is 0. The van der Waals surface area contributed by atoms with Crippen LogP contribution in [0, 0.1) is 0 Å². The molecule has 92 valence electrons. The van der Waals surface area contributed by atoms with Crippen LogP contribution in [-0.2, 0) is 0 Å². The minimum atomic E-state index is -1.00. The Morgan fingerprint density at radius 2 is 1.61 bits per heavy atom. The van der Waals surface area contributed by atoms with Crippen molar-refractivity contribution >= 4 is 40.8 Å². The molecular formula is C13H7Cl3O2. The van der Waals surface area contributed by atoms with Gasteiger partial charge in [0.05, 0.1) is 15.6 Å². The van der Waals surface area contributed by atoms with Gasteiger partial charge in [-0.25, -0.2) is 4.79 Å². The van der Waals surface area contributed by atoms with E-state index in [2.05, 4.69) is 0 Å². The summed E-state index contributed by atoms with van der Waals surface area (Å²) in [5.74, 6) is -1.00. The second-order valence-electron chi connectivity index (χ2n) is 3.63. The third kappa shape index (κ3) is 2.61. The molecule has 0 saturated carbocycles. The lowest BCUT2D eigenvalue weighted by Crippen LogP contribution is -1.96. The van der Waals surface area contributed by atoms with Gasteiger partial charge in [0.1, 0.15) is 0 Å². The molecule has 1 N–H and O–H groups in total. The molecule has 5 heteroatoms. The Morgan fingerprint density at radius 3 is 2.17 bits per heavy atom. The minimum absolute atomic E-state index is 0.176. The van der Waals surface area contributed by atoms with E-state index in [1.54, 1.807) is 24.3 Å². The van der Waals surface area contributed by atoms with Gasteiger partial charge < -0.3 is 5.11 Å². The van der Waals surface area contributed by atoms with E-state index in [0.29, 0.717) is 26.2 Å². The van der Waals surface area contributed by atoms with Gasteiger partial charge in [0.15, 0.2) is 0 Å². The van der Waals surface area contributed by atoms with Gasteiger partial charge in [-0.1, -0.05) is 46.9 Å². The average Bonchev–Trinajstić information content (AvgIpc) is 2.28. The third-order valence-electron chi connectivity index (χ3n) is 2.41. The van der Waals surface area contributed by atoms with Crippen LogP contribution >= 0.6 is 34.8 Å². The molecule has 0 radical (unpaired) electrons. The average molecular weight is 302 g/mol. The van der Waals surface area contributed by atoms with Crippen molar-refractivity contribution in [2.24, 2.45) is 0 Å². The quantitative estimate of drug-likeness (QED) is 0.846. The van der Waals surface area contributed by atoms with Crippen molar-refractivity contribution in [1.82, 2.24) is 0 Å². The largest absolute Gasteiger partial charge is 0.478 e. The zero-order chi connectivity index (χ0) is 13.3. The molecule has 0 spiro atoms. The van der Waals surface area contributed by atoms with Crippen LogP contribution in [-0.4, -0.2) is 11.1 Å². The van der Waals surface area contributed by atoms with E-state index in [0.717, 1.165) is 0 Å². The van der Waals surface area contributed by atoms with E-state index < -0.39 is 5.97 Å². The molecule has 0 bridgehead atoms. The number of hydrogen-bond donors (Lipinski definition) is 1. The highest BCUT2D eigenvalue weighted by atomic mass is 35.5. The van der Waals surface area contributed by atoms with Crippen LogP contribution in [0.4, 0.5) is 0 Å². The fourth-order valence-electron chi connectivity index (χ4n) is 1.63. The summed E-state index contributed by atoms with van der Waals surface area (Å²) in [4.78, 5) is 10.9. The molecule has 0 atom stereocenters. The molecule has 0 heterocycles. The smallest absolute Gasteiger partial charge is 0.335 e. The first-order chi connectivity index (χ1) is 8.49. The van der Waals surface area contributed by atoms with E-state index in [4.69, 9.17) is 39.9 Å². The topological polar surface area (TPSA) is 37.3 Å². The van der Waals surface area contributed by atoms with Crippen molar-refractivity contribution in [2.75, 3.05) is 0 Å². The molecule has 2 aromatic carbocycles. The summed E-state index contributed by atoms with van der Waals surface area (Å²) >= 11 is 18.0. The Morgan fingerprint density at radius 1 is 1.00 bits per heavy atom. The molecule has 2 aromatic rings. The molecule has 0 aliphatic carbocycles. The van der Waals surface area contributed by atoms with Crippen molar-refractivity contribution in [3.8, 4) is 11.1 Å². The van der Waals surface area contributed by atoms with E-state index >= 15 is 0 Å². The Kier molecular flexibility index (Phi) is 3.81. The van der Waals surface area contributed by atoms with Crippen molar-refractivity contribution < 1.29 is 9.90 Å². The zero-order valence-corrected chi connectivity index (χ0v) is 11.2. The highest BCUT2D eigenvalue weighted by molar-refractivity contribution is 6.41. The highest BCUT2D eigenvalue weighted by Gasteiger charge is 2.12. The first-order valence-corrected chi connectivity index (χ1v) is 6.10. The summed E-state index contributed by atoms with van der Waals surface area (Å²) in [6, 6.07) is 9.54. The number of aromatic carboxylic acids is 1. The standard InChI is InChI=1S/C13H7Cl3O2/c14-9-5-10(15)12(11(16)6-9)7-2-1-3-8(4-7)13(17)18/h1-6H,(H,17,18). The molecule has 0 unspecified atom stereocenters. The third-order valence-corrected chi connectivity index (χ3v) is 3.22. The zero-order valence-electron chi connectivity index (χ0n) is 8.95. The van der Waals surface area contributed by atoms with E-state index in [-0.39, 0.29) is 5.56 Å². The number of halogens is 3. The van der Waals surface area contributed by atoms with Gasteiger partial charge in [-0.15, -0.1) is 0 Å². The first kappa shape index (κ1) is 13.2. The van der Waals surface area contributed by atoms with Crippen molar-refractivity contribution in [3.63, 3.8) is 0 Å². The van der Waals surface area contributed by atoms with Gasteiger partial charge >= 0.3 is 5.97 Å². The molecule has 0 aromatic heterocycles. The van der Waals surface area contributed by atoms with Crippen molar-refractivity contribution in [3.05, 3.63) is 57.0 Å². The van der Waals surface area contributed by atoms with Crippen LogP contribution in [0.3, 0.4) is 0 Å². The number of rotatable bonds is 2. The van der Waals surface area contributed by atoms with Gasteiger partial charge in [-0.3, -0.25) is 0 Å². The molecule has 18 heavy (non-hydrogen) atoms. The maximum atomic E-state index is 10.9. The summed E-state index contributed by atoms with van der Waals surface area (Å²) in [5, 5.41) is 10.2. The number of benzene rings is 2. The molecule has 2 rings (SSSR count). The number of carbonyl (C=O) groups is 1. The fraction of sp³-hybridized carbons (Fsp3) is 0. The van der Waals surface area contributed by atoms with Gasteiger partial charge in [0.2, 0.25) is 0 Å². The second kappa shape index (κ2) is 5.19. The monoisotopic (exact) mass is 300 g/mol. The number of hydrogen-bond acceptors (Lipinski definition) is 1. The Hall–Kier alpha value is -1.22. The van der Waals surface area contributed by atoms with Crippen LogP contribution < -0.4 is 0 Å². The van der Waals surface area contributed by atoms with Crippen molar-refractivity contribution in [2.45, 2.75) is 0 Å². The molecule has 0 saturated heterocycles. The van der Waals surface area contributed by atoms with E-state index in [1.807, 2.05) is 0 Å². The van der Waals surface area contributed by atoms with Crippen LogP contribution in [0.25, 0.3) is 11.1 Å². The van der Waals surface area contributed by atoms with Crippen LogP contribution in [0.5, 0.6) is 0 Å². The lowest BCUT2D eigenvalue weighted by molar-refractivity contribution is 0.0697. The van der Waals surface area contributed by atoms with E-state index in [9.17, 15) is 4.79 Å². The van der Waals surface area contributed by atoms with Crippen molar-refractivity contribution in [1.29, 1.82) is 0 Å². The summed E-state index contributed by atoms with van der Waals surface area (Å²) in [7, 11) is 0. The lowest BCUT2D eigenvalue weighted by atomic mass is 10.0. The first-order valence-electron chi connectivity index (χ1n) is 4.97. The van der Waals surface area contributed by atoms with E-state index in [1.165, 1.54) is 12.1 Å². The summed E-state index contributed by atoms with van der Waals surface area (Å²) in [5.41, 5.74) is 1.39. The highest BCUT2D eigenvalue weighted by Crippen LogP contribution is 2.37. The Bertz CT molecular complexity index is 600. The number of carboxylic acids is 1. The number of carboxylic acid groups (broad SMARTS) is 1. The lowest BCUT2D eigenvalue weighted by Gasteiger charge is -2.08. The molecule has 0 amide bonds. The normalized spacial score (nSPS) is 10.4. The maximum absolute atomic E-state index is 10.9. The summed E-state index contributed by atoms with van der Waals surface area (Å²) in [6.07, 6.45) is 0.